The molecule has 41 heavy (non-hydrogen) atoms. The Labute approximate surface area is 250 Å². The van der Waals surface area contributed by atoms with Gasteiger partial charge in [-0.1, -0.05) is 30.7 Å². The number of nitrogens with zero attached hydrogens (tertiary/aromatic N) is 4. The predicted molar refractivity (Wildman–Crippen MR) is 167 cm³/mol. The highest BCUT2D eigenvalue weighted by Gasteiger charge is 2.42. The second kappa shape index (κ2) is 11.5. The molecule has 1 N–H and O–H groups in total. The maximum Gasteiger partial charge on any atom is 0.337 e. The van der Waals surface area contributed by atoms with E-state index in [1.165, 1.54) is 20.0 Å². The number of ether oxygens (including phenoxy) is 1. The molecule has 0 aliphatic carbocycles. The monoisotopic (exact) mass is 585 g/mol. The van der Waals surface area contributed by atoms with E-state index in [1.807, 2.05) is 54.7 Å². The van der Waals surface area contributed by atoms with Crippen LogP contribution in [0.1, 0.15) is 53.6 Å². The van der Waals surface area contributed by atoms with E-state index in [1.54, 1.807) is 12.3 Å². The molecule has 2 fully saturated rings. The molecule has 9 heteroatoms. The Kier molecular flexibility index (Phi) is 7.69. The van der Waals surface area contributed by atoms with Crippen LogP contribution >= 0.6 is 23.8 Å². The zero-order valence-corrected chi connectivity index (χ0v) is 24.6. The first kappa shape index (κ1) is 27.3. The summed E-state index contributed by atoms with van der Waals surface area (Å²) in [5.41, 5.74) is 5.15. The Morgan fingerprint density at radius 1 is 1.02 bits per heavy atom. The summed E-state index contributed by atoms with van der Waals surface area (Å²) in [6.07, 6.45) is 6.12. The zero-order chi connectivity index (χ0) is 28.5. The van der Waals surface area contributed by atoms with Crippen LogP contribution in [-0.4, -0.2) is 40.8 Å². The van der Waals surface area contributed by atoms with Crippen LogP contribution in [0.25, 0.3) is 5.69 Å². The predicted octanol–water partition coefficient (Wildman–Crippen LogP) is 6.73. The Balaban J connectivity index is 1.42. The Morgan fingerprint density at radius 3 is 2.59 bits per heavy atom. The average Bonchev–Trinajstić information content (AvgIpc) is 3.62. The fourth-order valence-corrected chi connectivity index (χ4v) is 6.50. The summed E-state index contributed by atoms with van der Waals surface area (Å²) in [5, 5.41) is 4.83. The van der Waals surface area contributed by atoms with Gasteiger partial charge in [-0.2, -0.15) is 0 Å². The molecule has 2 aliphatic rings. The second-order valence-corrected chi connectivity index (χ2v) is 11.4. The van der Waals surface area contributed by atoms with E-state index in [9.17, 15) is 4.79 Å². The molecular weight excluding hydrogens is 554 g/mol. The minimum atomic E-state index is -0.379. The van der Waals surface area contributed by atoms with Gasteiger partial charge < -0.3 is 24.4 Å². The molecule has 6 rings (SSSR count). The maximum atomic E-state index is 12.3. The van der Waals surface area contributed by atoms with E-state index in [-0.39, 0.29) is 18.1 Å². The number of halogens is 1. The van der Waals surface area contributed by atoms with Crippen molar-refractivity contribution in [2.45, 2.75) is 31.8 Å². The van der Waals surface area contributed by atoms with E-state index in [2.05, 4.69) is 49.8 Å². The lowest BCUT2D eigenvalue weighted by Crippen LogP contribution is -2.33. The molecule has 0 amide bonds. The summed E-state index contributed by atoms with van der Waals surface area (Å²) in [5.74, 6) is 0.362. The molecule has 0 bridgehead atoms. The summed E-state index contributed by atoms with van der Waals surface area (Å²) in [7, 11) is 1.39. The van der Waals surface area contributed by atoms with Crippen molar-refractivity contribution in [2.75, 3.05) is 30.0 Å². The molecule has 7 nitrogen and oxygen atoms in total. The molecule has 2 atom stereocenters. The first-order chi connectivity index (χ1) is 19.9. The molecule has 4 aromatic rings. The lowest BCUT2D eigenvalue weighted by Gasteiger charge is -2.33. The van der Waals surface area contributed by atoms with Crippen molar-refractivity contribution in [3.63, 3.8) is 0 Å². The van der Waals surface area contributed by atoms with Crippen molar-refractivity contribution in [1.82, 2.24) is 14.9 Å². The van der Waals surface area contributed by atoms with Gasteiger partial charge in [-0.3, -0.25) is 4.98 Å². The lowest BCUT2D eigenvalue weighted by molar-refractivity contribution is 0.0600. The fourth-order valence-electron chi connectivity index (χ4n) is 5.86. The number of benzene rings is 2. The number of piperidine rings is 1. The quantitative estimate of drug-likeness (QED) is 0.199. The topological polar surface area (TPSA) is 62.6 Å². The number of pyridine rings is 1. The summed E-state index contributed by atoms with van der Waals surface area (Å²) in [4.78, 5) is 21.5. The number of nitrogens with one attached hydrogen (secondary N) is 1. The van der Waals surface area contributed by atoms with Crippen molar-refractivity contribution in [3.05, 3.63) is 107 Å². The molecule has 2 aromatic carbocycles. The van der Waals surface area contributed by atoms with E-state index >= 15 is 0 Å². The van der Waals surface area contributed by atoms with Crippen molar-refractivity contribution in [2.24, 2.45) is 5.92 Å². The van der Waals surface area contributed by atoms with Crippen LogP contribution in [0.5, 0.6) is 0 Å². The molecule has 0 spiro atoms. The van der Waals surface area contributed by atoms with Gasteiger partial charge in [0, 0.05) is 42.6 Å². The lowest BCUT2D eigenvalue weighted by atomic mass is 9.98. The number of carbonyl (C=O) groups excluding carboxylic acids is 1. The van der Waals surface area contributed by atoms with Gasteiger partial charge in [-0.15, -0.1) is 0 Å². The first-order valence-electron chi connectivity index (χ1n) is 13.9. The summed E-state index contributed by atoms with van der Waals surface area (Å²) in [6, 6.07) is 23.2. The van der Waals surface area contributed by atoms with Crippen LogP contribution in [0.2, 0.25) is 5.02 Å². The Hall–Kier alpha value is -3.88. The molecular formula is C32H32ClN5O2S. The molecule has 0 unspecified atom stereocenters. The van der Waals surface area contributed by atoms with Gasteiger partial charge in [0.25, 0.3) is 0 Å². The molecule has 2 aliphatic heterocycles. The SMILES string of the molecule is COC(=O)c1cccc(-n2cccc2[C@H]2[C@H](c3ccccn3)NC(=S)N2c2ccc(N3CCC(C)CC3)c(Cl)c2)c1. The van der Waals surface area contributed by atoms with Gasteiger partial charge in [0.05, 0.1) is 35.1 Å². The first-order valence-corrected chi connectivity index (χ1v) is 14.6. The van der Waals surface area contributed by atoms with Crippen LogP contribution < -0.4 is 15.1 Å². The highest BCUT2D eigenvalue weighted by atomic mass is 35.5. The van der Waals surface area contributed by atoms with E-state index in [4.69, 9.17) is 28.6 Å². The zero-order valence-electron chi connectivity index (χ0n) is 23.0. The number of aromatic nitrogens is 2. The summed E-state index contributed by atoms with van der Waals surface area (Å²) in [6.45, 7) is 4.32. The Morgan fingerprint density at radius 2 is 1.85 bits per heavy atom. The maximum absolute atomic E-state index is 12.3. The third-order valence-electron chi connectivity index (χ3n) is 8.06. The van der Waals surface area contributed by atoms with Gasteiger partial charge >= 0.3 is 5.97 Å². The number of thiocarbonyl (C=S) groups is 1. The molecule has 2 aromatic heterocycles. The van der Waals surface area contributed by atoms with Crippen LogP contribution in [0, 0.1) is 5.92 Å². The number of anilines is 2. The van der Waals surface area contributed by atoms with Gasteiger partial charge in [-0.25, -0.2) is 4.79 Å². The number of carbonyl (C=O) groups is 1. The van der Waals surface area contributed by atoms with Gasteiger partial charge in [0.1, 0.15) is 6.04 Å². The summed E-state index contributed by atoms with van der Waals surface area (Å²) < 4.78 is 7.05. The number of rotatable bonds is 6. The molecule has 0 radical (unpaired) electrons. The highest BCUT2D eigenvalue weighted by molar-refractivity contribution is 7.80. The van der Waals surface area contributed by atoms with Crippen LogP contribution in [-0.2, 0) is 4.74 Å². The van der Waals surface area contributed by atoms with Crippen LogP contribution in [0.3, 0.4) is 0 Å². The van der Waals surface area contributed by atoms with Gasteiger partial charge in [0.2, 0.25) is 0 Å². The minimum absolute atomic E-state index is 0.219. The standard InChI is InChI=1S/C32H32ClN5O2S/c1-21-13-17-36(18-14-21)27-12-11-24(20-25(27)33)38-30(29(35-32(38)41)26-9-3-4-15-34-26)28-10-6-16-37(28)23-8-5-7-22(19-23)31(39)40-2/h3-12,15-16,19-21,29-30H,13-14,17-18H2,1-2H3,(H,35,41)/t29-,30-/m0/s1. The average molecular weight is 586 g/mol. The Bertz CT molecular complexity index is 1570. The molecule has 210 valence electrons. The molecule has 0 saturated carbocycles. The summed E-state index contributed by atoms with van der Waals surface area (Å²) >= 11 is 12.9. The highest BCUT2D eigenvalue weighted by Crippen LogP contribution is 2.44. The number of methoxy groups -OCH3 is 1. The number of hydrogen-bond acceptors (Lipinski definition) is 5. The van der Waals surface area contributed by atoms with Crippen LogP contribution in [0.15, 0.2) is 85.2 Å². The largest absolute Gasteiger partial charge is 0.465 e. The molecule has 2 saturated heterocycles. The van der Waals surface area contributed by atoms with Gasteiger partial charge in [-0.05, 0) is 91.6 Å². The normalized spacial score (nSPS) is 19.3. The third kappa shape index (κ3) is 5.29. The van der Waals surface area contributed by atoms with E-state index in [0.717, 1.165) is 47.5 Å². The van der Waals surface area contributed by atoms with Gasteiger partial charge in [0.15, 0.2) is 5.11 Å². The fraction of sp³-hybridized carbons (Fsp3) is 0.281. The third-order valence-corrected chi connectivity index (χ3v) is 8.68. The van der Waals surface area contributed by atoms with Crippen molar-refractivity contribution >= 4 is 46.3 Å². The van der Waals surface area contributed by atoms with Crippen molar-refractivity contribution < 1.29 is 9.53 Å². The second-order valence-electron chi connectivity index (χ2n) is 10.6. The molecule has 4 heterocycles. The van der Waals surface area contributed by atoms with Crippen molar-refractivity contribution in [1.29, 1.82) is 0 Å². The minimum Gasteiger partial charge on any atom is -0.465 e. The van der Waals surface area contributed by atoms with Crippen LogP contribution in [0.4, 0.5) is 11.4 Å². The van der Waals surface area contributed by atoms with E-state index in [0.29, 0.717) is 15.7 Å². The number of hydrogen-bond donors (Lipinski definition) is 1. The smallest absolute Gasteiger partial charge is 0.337 e. The number of esters is 1. The van der Waals surface area contributed by atoms with E-state index < -0.39 is 0 Å². The van der Waals surface area contributed by atoms with Crippen molar-refractivity contribution in [3.8, 4) is 5.69 Å².